The fourth-order valence-electron chi connectivity index (χ4n) is 2.09. The van der Waals surface area contributed by atoms with Gasteiger partial charge in [0, 0.05) is 25.7 Å². The van der Waals surface area contributed by atoms with E-state index in [1.165, 1.54) is 5.56 Å². The Balaban J connectivity index is 1.78. The van der Waals surface area contributed by atoms with Crippen molar-refractivity contribution < 1.29 is 4.74 Å². The molecule has 23 heavy (non-hydrogen) atoms. The molecule has 6 heteroatoms. The molecule has 0 aliphatic carbocycles. The van der Waals surface area contributed by atoms with Gasteiger partial charge in [-0.25, -0.2) is 9.97 Å². The van der Waals surface area contributed by atoms with Gasteiger partial charge in [0.15, 0.2) is 0 Å². The van der Waals surface area contributed by atoms with Crippen molar-refractivity contribution in [2.45, 2.75) is 6.42 Å². The van der Waals surface area contributed by atoms with Crippen molar-refractivity contribution in [3.63, 3.8) is 0 Å². The second-order valence-corrected chi connectivity index (χ2v) is 5.54. The molecule has 0 amide bonds. The molecule has 0 aliphatic heterocycles. The molecule has 0 radical (unpaired) electrons. The SMILES string of the molecule is COc1ccc(CCNc2cc(NCCN(C)C)ncn2)cc1. The lowest BCUT2D eigenvalue weighted by molar-refractivity contribution is 0.414. The minimum atomic E-state index is 0.820. The van der Waals surface area contributed by atoms with Crippen LogP contribution in [-0.2, 0) is 6.42 Å². The number of hydrogen-bond acceptors (Lipinski definition) is 6. The lowest BCUT2D eigenvalue weighted by Gasteiger charge is -2.11. The summed E-state index contributed by atoms with van der Waals surface area (Å²) in [6, 6.07) is 10.0. The van der Waals surface area contributed by atoms with E-state index in [9.17, 15) is 0 Å². The zero-order valence-corrected chi connectivity index (χ0v) is 14.0. The molecule has 1 aromatic carbocycles. The smallest absolute Gasteiger partial charge is 0.131 e. The number of methoxy groups -OCH3 is 1. The summed E-state index contributed by atoms with van der Waals surface area (Å²) in [5, 5.41) is 6.62. The second kappa shape index (κ2) is 8.95. The monoisotopic (exact) mass is 315 g/mol. The summed E-state index contributed by atoms with van der Waals surface area (Å²) in [6.45, 7) is 2.64. The molecule has 0 saturated carbocycles. The number of hydrogen-bond donors (Lipinski definition) is 2. The van der Waals surface area contributed by atoms with Gasteiger partial charge in [-0.2, -0.15) is 0 Å². The molecule has 1 aromatic heterocycles. The summed E-state index contributed by atoms with van der Waals surface area (Å²) in [5.41, 5.74) is 1.26. The number of rotatable bonds is 9. The highest BCUT2D eigenvalue weighted by atomic mass is 16.5. The molecule has 0 atom stereocenters. The second-order valence-electron chi connectivity index (χ2n) is 5.54. The number of ether oxygens (including phenoxy) is 1. The zero-order chi connectivity index (χ0) is 16.5. The molecular formula is C17H25N5O. The number of anilines is 2. The topological polar surface area (TPSA) is 62.3 Å². The van der Waals surface area contributed by atoms with Crippen LogP contribution in [0.2, 0.25) is 0 Å². The first-order valence-electron chi connectivity index (χ1n) is 7.75. The van der Waals surface area contributed by atoms with Crippen LogP contribution in [0.25, 0.3) is 0 Å². The maximum atomic E-state index is 5.16. The molecular weight excluding hydrogens is 290 g/mol. The van der Waals surface area contributed by atoms with E-state index in [1.807, 2.05) is 32.3 Å². The Morgan fingerprint density at radius 1 is 1.00 bits per heavy atom. The maximum absolute atomic E-state index is 5.16. The van der Waals surface area contributed by atoms with E-state index in [1.54, 1.807) is 13.4 Å². The molecule has 2 N–H and O–H groups in total. The maximum Gasteiger partial charge on any atom is 0.131 e. The predicted molar refractivity (Wildman–Crippen MR) is 94.3 cm³/mol. The van der Waals surface area contributed by atoms with Gasteiger partial charge >= 0.3 is 0 Å². The Labute approximate surface area is 137 Å². The lowest BCUT2D eigenvalue weighted by atomic mass is 10.1. The van der Waals surface area contributed by atoms with E-state index in [0.717, 1.165) is 43.4 Å². The van der Waals surface area contributed by atoms with E-state index in [2.05, 4.69) is 37.6 Å². The summed E-state index contributed by atoms with van der Waals surface area (Å²) in [6.07, 6.45) is 2.51. The van der Waals surface area contributed by atoms with E-state index in [-0.39, 0.29) is 0 Å². The molecule has 0 unspecified atom stereocenters. The van der Waals surface area contributed by atoms with Crippen LogP contribution in [0, 0.1) is 0 Å². The lowest BCUT2D eigenvalue weighted by Crippen LogP contribution is -2.21. The largest absolute Gasteiger partial charge is 0.497 e. The fourth-order valence-corrected chi connectivity index (χ4v) is 2.09. The number of nitrogens with one attached hydrogen (secondary N) is 2. The van der Waals surface area contributed by atoms with Crippen molar-refractivity contribution in [3.8, 4) is 5.75 Å². The van der Waals surface area contributed by atoms with Crippen LogP contribution in [0.15, 0.2) is 36.7 Å². The third kappa shape index (κ3) is 6.12. The minimum absolute atomic E-state index is 0.820. The van der Waals surface area contributed by atoms with Gasteiger partial charge in [-0.3, -0.25) is 0 Å². The highest BCUT2D eigenvalue weighted by molar-refractivity contribution is 5.46. The quantitative estimate of drug-likeness (QED) is 0.739. The minimum Gasteiger partial charge on any atom is -0.497 e. The predicted octanol–water partition coefficient (Wildman–Crippen LogP) is 2.11. The van der Waals surface area contributed by atoms with Crippen LogP contribution in [-0.4, -0.2) is 55.7 Å². The molecule has 0 fully saturated rings. The third-order valence-corrected chi connectivity index (χ3v) is 3.41. The van der Waals surface area contributed by atoms with Crippen molar-refractivity contribution in [1.29, 1.82) is 0 Å². The average Bonchev–Trinajstić information content (AvgIpc) is 2.56. The Morgan fingerprint density at radius 2 is 1.65 bits per heavy atom. The van der Waals surface area contributed by atoms with Crippen LogP contribution < -0.4 is 15.4 Å². The molecule has 0 bridgehead atoms. The number of aromatic nitrogens is 2. The van der Waals surface area contributed by atoms with E-state index in [0.29, 0.717) is 0 Å². The van der Waals surface area contributed by atoms with Gasteiger partial charge in [0.2, 0.25) is 0 Å². The summed E-state index contributed by atoms with van der Waals surface area (Å²) in [5.74, 6) is 2.56. The van der Waals surface area contributed by atoms with Crippen molar-refractivity contribution >= 4 is 11.6 Å². The molecule has 0 saturated heterocycles. The van der Waals surface area contributed by atoms with Gasteiger partial charge in [0.05, 0.1) is 7.11 Å². The summed E-state index contributed by atoms with van der Waals surface area (Å²) in [4.78, 5) is 10.6. The van der Waals surface area contributed by atoms with Gasteiger partial charge in [0.1, 0.15) is 23.7 Å². The molecule has 6 nitrogen and oxygen atoms in total. The first-order chi connectivity index (χ1) is 11.2. The summed E-state index contributed by atoms with van der Waals surface area (Å²) in [7, 11) is 5.78. The molecule has 124 valence electrons. The first kappa shape index (κ1) is 17.0. The Bertz CT molecular complexity index is 586. The van der Waals surface area contributed by atoms with E-state index in [4.69, 9.17) is 4.74 Å². The van der Waals surface area contributed by atoms with E-state index < -0.39 is 0 Å². The normalized spacial score (nSPS) is 10.6. The van der Waals surface area contributed by atoms with Crippen LogP contribution in [0.3, 0.4) is 0 Å². The molecule has 1 heterocycles. The summed E-state index contributed by atoms with van der Waals surface area (Å²) >= 11 is 0. The van der Waals surface area contributed by atoms with E-state index >= 15 is 0 Å². The first-order valence-corrected chi connectivity index (χ1v) is 7.75. The van der Waals surface area contributed by atoms with Crippen LogP contribution in [0.4, 0.5) is 11.6 Å². The van der Waals surface area contributed by atoms with Gasteiger partial charge < -0.3 is 20.3 Å². The Hall–Kier alpha value is -2.34. The van der Waals surface area contributed by atoms with Crippen LogP contribution in [0.1, 0.15) is 5.56 Å². The third-order valence-electron chi connectivity index (χ3n) is 3.41. The number of nitrogens with zero attached hydrogens (tertiary/aromatic N) is 3. The molecule has 0 aliphatic rings. The van der Waals surface area contributed by atoms with Crippen molar-refractivity contribution in [2.24, 2.45) is 0 Å². The number of likely N-dealkylation sites (N-methyl/N-ethyl adjacent to an activating group) is 1. The average molecular weight is 315 g/mol. The van der Waals surface area contributed by atoms with Crippen LogP contribution in [0.5, 0.6) is 5.75 Å². The standard InChI is InChI=1S/C17H25N5O/c1-22(2)11-10-19-17-12-16(20-13-21-17)18-9-8-14-4-6-15(23-3)7-5-14/h4-7,12-13H,8-11H2,1-3H3,(H2,18,19,20,21). The van der Waals surface area contributed by atoms with Gasteiger partial charge in [0.25, 0.3) is 0 Å². The fraction of sp³-hybridized carbons (Fsp3) is 0.412. The Kier molecular flexibility index (Phi) is 6.62. The highest BCUT2D eigenvalue weighted by Gasteiger charge is 2.00. The van der Waals surface area contributed by atoms with Crippen LogP contribution >= 0.6 is 0 Å². The van der Waals surface area contributed by atoms with Crippen molar-refractivity contribution in [2.75, 3.05) is 51.5 Å². The van der Waals surface area contributed by atoms with Crippen molar-refractivity contribution in [3.05, 3.63) is 42.2 Å². The highest BCUT2D eigenvalue weighted by Crippen LogP contribution is 2.12. The summed E-state index contributed by atoms with van der Waals surface area (Å²) < 4.78 is 5.16. The molecule has 2 aromatic rings. The number of benzene rings is 1. The van der Waals surface area contributed by atoms with Gasteiger partial charge in [-0.1, -0.05) is 12.1 Å². The zero-order valence-electron chi connectivity index (χ0n) is 14.0. The Morgan fingerprint density at radius 3 is 2.26 bits per heavy atom. The molecule has 2 rings (SSSR count). The van der Waals surface area contributed by atoms with Crippen molar-refractivity contribution in [1.82, 2.24) is 14.9 Å². The molecule has 0 spiro atoms. The van der Waals surface area contributed by atoms with Gasteiger partial charge in [-0.15, -0.1) is 0 Å². The van der Waals surface area contributed by atoms with Gasteiger partial charge in [-0.05, 0) is 38.2 Å².